The zero-order valence-corrected chi connectivity index (χ0v) is 15.4. The number of hydrogen-bond donors (Lipinski definition) is 2. The zero-order valence-electron chi connectivity index (χ0n) is 14.6. The van der Waals surface area contributed by atoms with Gasteiger partial charge in [-0.2, -0.15) is 5.10 Å². The predicted molar refractivity (Wildman–Crippen MR) is 112 cm³/mol. The van der Waals surface area contributed by atoms with E-state index in [1.165, 1.54) is 11.1 Å². The Morgan fingerprint density at radius 1 is 0.846 bits per heavy atom. The second-order valence-electron chi connectivity index (χ2n) is 6.06. The van der Waals surface area contributed by atoms with Gasteiger partial charge in [-0.15, -0.1) is 0 Å². The molecule has 0 heterocycles. The molecule has 0 radical (unpaired) electrons. The van der Waals surface area contributed by atoms with Crippen LogP contribution in [0.4, 0.5) is 0 Å². The van der Waals surface area contributed by atoms with Crippen LogP contribution in [0.1, 0.15) is 35.1 Å². The Bertz CT molecular complexity index is 905. The lowest BCUT2D eigenvalue weighted by atomic mass is 9.90. The van der Waals surface area contributed by atoms with Crippen molar-refractivity contribution in [3.05, 3.63) is 107 Å². The van der Waals surface area contributed by atoms with Crippen molar-refractivity contribution in [2.45, 2.75) is 12.8 Å². The first-order chi connectivity index (χ1) is 12.6. The van der Waals surface area contributed by atoms with Crippen molar-refractivity contribution in [3.63, 3.8) is 0 Å². The van der Waals surface area contributed by atoms with E-state index in [4.69, 9.17) is 18.0 Å². The first kappa shape index (κ1) is 17.8. The molecule has 0 saturated carbocycles. The molecule has 1 atom stereocenters. The van der Waals surface area contributed by atoms with Crippen molar-refractivity contribution < 1.29 is 0 Å². The molecule has 0 fully saturated rings. The molecule has 3 aromatic rings. The molecule has 3 nitrogen and oxygen atoms in total. The Labute approximate surface area is 159 Å². The lowest BCUT2D eigenvalue weighted by Gasteiger charge is -2.15. The number of thiocarbonyl (C=S) groups is 1. The Hall–Kier alpha value is -2.98. The average molecular weight is 359 g/mol. The van der Waals surface area contributed by atoms with Gasteiger partial charge in [-0.1, -0.05) is 85.8 Å². The minimum absolute atomic E-state index is 0.146. The summed E-state index contributed by atoms with van der Waals surface area (Å²) in [5.41, 5.74) is 13.6. The Kier molecular flexibility index (Phi) is 5.77. The van der Waals surface area contributed by atoms with Crippen molar-refractivity contribution in [2.24, 2.45) is 10.8 Å². The van der Waals surface area contributed by atoms with Gasteiger partial charge in [-0.3, -0.25) is 5.43 Å². The third kappa shape index (κ3) is 4.35. The van der Waals surface area contributed by atoms with Gasteiger partial charge in [-0.25, -0.2) is 0 Å². The van der Waals surface area contributed by atoms with Crippen LogP contribution in [0.3, 0.4) is 0 Å². The van der Waals surface area contributed by atoms with Crippen molar-refractivity contribution in [1.29, 1.82) is 0 Å². The summed E-state index contributed by atoms with van der Waals surface area (Å²) < 4.78 is 0. The quantitative estimate of drug-likeness (QED) is 0.403. The van der Waals surface area contributed by atoms with Crippen molar-refractivity contribution in [2.75, 3.05) is 0 Å². The van der Waals surface area contributed by atoms with Crippen molar-refractivity contribution in [1.82, 2.24) is 5.43 Å². The maximum Gasteiger partial charge on any atom is 0.184 e. The number of nitrogens with one attached hydrogen (secondary N) is 1. The molecular weight excluding hydrogens is 338 g/mol. The molecule has 4 heteroatoms. The van der Waals surface area contributed by atoms with Crippen LogP contribution in [-0.2, 0) is 0 Å². The van der Waals surface area contributed by atoms with Gasteiger partial charge in [0.15, 0.2) is 5.11 Å². The summed E-state index contributed by atoms with van der Waals surface area (Å²) in [6, 6.07) is 28.9. The largest absolute Gasteiger partial charge is 0.375 e. The molecule has 1 unspecified atom stereocenters. The second-order valence-corrected chi connectivity index (χ2v) is 6.50. The summed E-state index contributed by atoms with van der Waals surface area (Å²) in [5.74, 6) is 0.289. The van der Waals surface area contributed by atoms with Crippen LogP contribution >= 0.6 is 12.2 Å². The molecule has 130 valence electrons. The molecule has 0 spiro atoms. The molecule has 0 saturated heterocycles. The first-order valence-corrected chi connectivity index (χ1v) is 8.90. The van der Waals surface area contributed by atoms with Gasteiger partial charge in [-0.05, 0) is 29.4 Å². The van der Waals surface area contributed by atoms with Crippen molar-refractivity contribution >= 4 is 23.0 Å². The molecule has 0 bridgehead atoms. The summed E-state index contributed by atoms with van der Waals surface area (Å²) in [6.07, 6.45) is 0. The van der Waals surface area contributed by atoms with Crippen molar-refractivity contribution in [3.8, 4) is 0 Å². The highest BCUT2D eigenvalue weighted by Gasteiger charge is 2.12. The predicted octanol–water partition coefficient (Wildman–Crippen LogP) is 4.42. The SMILES string of the molecule is CC(c1ccccc1)c1cccc(/C(=N/NC(N)=S)c2ccccc2)c1. The first-order valence-electron chi connectivity index (χ1n) is 8.49. The van der Waals surface area contributed by atoms with E-state index in [2.05, 4.69) is 59.9 Å². The van der Waals surface area contributed by atoms with Gasteiger partial charge in [0.25, 0.3) is 0 Å². The van der Waals surface area contributed by atoms with Crippen LogP contribution in [0.5, 0.6) is 0 Å². The van der Waals surface area contributed by atoms with E-state index in [1.54, 1.807) is 0 Å². The van der Waals surface area contributed by atoms with E-state index in [1.807, 2.05) is 42.5 Å². The Morgan fingerprint density at radius 2 is 1.42 bits per heavy atom. The highest BCUT2D eigenvalue weighted by atomic mass is 32.1. The minimum Gasteiger partial charge on any atom is -0.375 e. The van der Waals surface area contributed by atoms with Crippen LogP contribution < -0.4 is 11.2 Å². The fourth-order valence-corrected chi connectivity index (χ4v) is 2.94. The summed E-state index contributed by atoms with van der Waals surface area (Å²) in [5, 5.41) is 4.58. The zero-order chi connectivity index (χ0) is 18.4. The fraction of sp³-hybridized carbons (Fsp3) is 0.0909. The lowest BCUT2D eigenvalue weighted by Crippen LogP contribution is -2.26. The summed E-state index contributed by atoms with van der Waals surface area (Å²) >= 11 is 4.90. The van der Waals surface area contributed by atoms with Gasteiger partial charge in [0.2, 0.25) is 0 Å². The molecule has 0 aromatic heterocycles. The fourth-order valence-electron chi connectivity index (χ4n) is 2.89. The van der Waals surface area contributed by atoms with Gasteiger partial charge in [0.1, 0.15) is 0 Å². The van der Waals surface area contributed by atoms with E-state index in [-0.39, 0.29) is 11.0 Å². The van der Waals surface area contributed by atoms with Crippen LogP contribution in [0.2, 0.25) is 0 Å². The minimum atomic E-state index is 0.146. The molecule has 0 amide bonds. The molecular formula is C22H21N3S. The number of rotatable bonds is 5. The van der Waals surface area contributed by atoms with Crippen LogP contribution in [-0.4, -0.2) is 10.8 Å². The third-order valence-electron chi connectivity index (χ3n) is 4.28. The monoisotopic (exact) mass is 359 g/mol. The van der Waals surface area contributed by atoms with E-state index in [9.17, 15) is 0 Å². The summed E-state index contributed by atoms with van der Waals surface area (Å²) in [7, 11) is 0. The molecule has 26 heavy (non-hydrogen) atoms. The molecule has 3 aromatic carbocycles. The van der Waals surface area contributed by atoms with E-state index < -0.39 is 0 Å². The van der Waals surface area contributed by atoms with Crippen LogP contribution in [0.15, 0.2) is 90.0 Å². The highest BCUT2D eigenvalue weighted by molar-refractivity contribution is 7.80. The van der Waals surface area contributed by atoms with Crippen LogP contribution in [0.25, 0.3) is 0 Å². The number of benzene rings is 3. The maximum absolute atomic E-state index is 5.56. The van der Waals surface area contributed by atoms with E-state index >= 15 is 0 Å². The van der Waals surface area contributed by atoms with Gasteiger partial charge in [0, 0.05) is 17.0 Å². The molecule has 0 aliphatic heterocycles. The highest BCUT2D eigenvalue weighted by Crippen LogP contribution is 2.25. The number of hydrazone groups is 1. The Balaban J connectivity index is 2.00. The molecule has 0 aliphatic rings. The molecule has 0 aliphatic carbocycles. The van der Waals surface area contributed by atoms with Gasteiger partial charge >= 0.3 is 0 Å². The van der Waals surface area contributed by atoms with Gasteiger partial charge in [0.05, 0.1) is 5.71 Å². The third-order valence-corrected chi connectivity index (χ3v) is 4.38. The number of hydrogen-bond acceptors (Lipinski definition) is 2. The van der Waals surface area contributed by atoms with E-state index in [0.717, 1.165) is 16.8 Å². The summed E-state index contributed by atoms with van der Waals surface area (Å²) in [4.78, 5) is 0. The number of nitrogens with zero attached hydrogens (tertiary/aromatic N) is 1. The Morgan fingerprint density at radius 3 is 2.08 bits per heavy atom. The summed E-state index contributed by atoms with van der Waals surface area (Å²) in [6.45, 7) is 2.21. The maximum atomic E-state index is 5.56. The van der Waals surface area contributed by atoms with Crippen LogP contribution in [0, 0.1) is 0 Å². The topological polar surface area (TPSA) is 50.4 Å². The molecule has 3 N–H and O–H groups in total. The van der Waals surface area contributed by atoms with Gasteiger partial charge < -0.3 is 5.73 Å². The second kappa shape index (κ2) is 8.41. The lowest BCUT2D eigenvalue weighted by molar-refractivity contribution is 0.921. The normalized spacial score (nSPS) is 12.4. The smallest absolute Gasteiger partial charge is 0.184 e. The van der Waals surface area contributed by atoms with E-state index in [0.29, 0.717) is 0 Å². The standard InChI is InChI=1S/C22H21N3S/c1-16(17-9-4-2-5-10-17)19-13-8-14-20(15-19)21(24-25-22(23)26)18-11-6-3-7-12-18/h2-16H,1H3,(H3,23,25,26)/b24-21+. The average Bonchev–Trinajstić information content (AvgIpc) is 2.69. The molecule has 3 rings (SSSR count). The number of nitrogens with two attached hydrogens (primary N) is 1.